The van der Waals surface area contributed by atoms with Gasteiger partial charge in [0.25, 0.3) is 0 Å². The second kappa shape index (κ2) is 4.10. The molecule has 0 bridgehead atoms. The van der Waals surface area contributed by atoms with Gasteiger partial charge in [-0.25, -0.2) is 9.97 Å². The van der Waals surface area contributed by atoms with E-state index in [1.165, 1.54) is 6.33 Å². The third-order valence-electron chi connectivity index (χ3n) is 2.85. The van der Waals surface area contributed by atoms with Gasteiger partial charge in [-0.15, -0.1) is 0 Å². The lowest BCUT2D eigenvalue weighted by Crippen LogP contribution is -2.20. The van der Waals surface area contributed by atoms with Crippen LogP contribution < -0.4 is 4.90 Å². The van der Waals surface area contributed by atoms with Gasteiger partial charge in [-0.2, -0.15) is 5.10 Å². The van der Waals surface area contributed by atoms with Gasteiger partial charge in [0.1, 0.15) is 17.7 Å². The fourth-order valence-corrected chi connectivity index (χ4v) is 1.98. The number of nitrogens with zero attached hydrogens (tertiary/aromatic N) is 6. The Morgan fingerprint density at radius 1 is 1.44 bits per heavy atom. The lowest BCUT2D eigenvalue weighted by atomic mass is 10.4. The van der Waals surface area contributed by atoms with Gasteiger partial charge in [-0.3, -0.25) is 10.1 Å². The fourth-order valence-electron chi connectivity index (χ4n) is 1.98. The van der Waals surface area contributed by atoms with Gasteiger partial charge < -0.3 is 9.47 Å². The minimum absolute atomic E-state index is 0.630. The first-order valence-electron chi connectivity index (χ1n) is 5.57. The number of imidazole rings is 1. The average Bonchev–Trinajstić information content (AvgIpc) is 2.98. The van der Waals surface area contributed by atoms with Crippen LogP contribution in [0.25, 0.3) is 11.0 Å². The zero-order valence-corrected chi connectivity index (χ0v) is 10.2. The third-order valence-corrected chi connectivity index (χ3v) is 2.85. The first kappa shape index (κ1) is 10.7. The van der Waals surface area contributed by atoms with Crippen LogP contribution in [0, 0.1) is 0 Å². The lowest BCUT2D eigenvalue weighted by molar-refractivity contribution is 0.783. The quantitative estimate of drug-likeness (QED) is 0.733. The maximum atomic E-state index is 4.56. The molecule has 0 aliphatic heterocycles. The molecule has 1 N–H and O–H groups in total. The summed E-state index contributed by atoms with van der Waals surface area (Å²) < 4.78 is 2.04. The number of fused-ring (bicyclic) bond motifs is 1. The largest absolute Gasteiger partial charge is 0.338 e. The Kier molecular flexibility index (Phi) is 2.44. The molecular weight excluding hydrogens is 230 g/mol. The summed E-state index contributed by atoms with van der Waals surface area (Å²) in [4.78, 5) is 14.8. The van der Waals surface area contributed by atoms with Crippen LogP contribution in [-0.4, -0.2) is 36.8 Å². The van der Waals surface area contributed by atoms with Gasteiger partial charge in [-0.05, 0) is 6.07 Å². The molecule has 92 valence electrons. The highest BCUT2D eigenvalue weighted by molar-refractivity contribution is 5.77. The molecule has 0 spiro atoms. The van der Waals surface area contributed by atoms with E-state index in [0.29, 0.717) is 6.54 Å². The Morgan fingerprint density at radius 2 is 2.33 bits per heavy atom. The van der Waals surface area contributed by atoms with Gasteiger partial charge in [0.05, 0.1) is 18.3 Å². The summed E-state index contributed by atoms with van der Waals surface area (Å²) in [6, 6.07) is 1.95. The van der Waals surface area contributed by atoms with Crippen molar-refractivity contribution < 1.29 is 0 Å². The van der Waals surface area contributed by atoms with Crippen LogP contribution in [0.3, 0.4) is 0 Å². The molecule has 0 aromatic carbocycles. The van der Waals surface area contributed by atoms with Crippen molar-refractivity contribution in [3.8, 4) is 0 Å². The van der Waals surface area contributed by atoms with E-state index in [-0.39, 0.29) is 0 Å². The van der Waals surface area contributed by atoms with Crippen LogP contribution in [-0.2, 0) is 13.6 Å². The number of anilines is 1. The first-order chi connectivity index (χ1) is 8.75. The highest BCUT2D eigenvalue weighted by Crippen LogP contribution is 2.19. The molecule has 7 heteroatoms. The number of H-pyrrole nitrogens is 1. The normalized spacial score (nSPS) is 11.0. The smallest absolute Gasteiger partial charge is 0.206 e. The molecule has 0 radical (unpaired) electrons. The monoisotopic (exact) mass is 243 g/mol. The van der Waals surface area contributed by atoms with Crippen LogP contribution in [0.15, 0.2) is 24.8 Å². The molecule has 3 aromatic heterocycles. The number of nitrogens with one attached hydrogen (secondary N) is 1. The summed E-state index contributed by atoms with van der Waals surface area (Å²) in [6.45, 7) is 0.630. The van der Waals surface area contributed by atoms with Crippen LogP contribution in [0.2, 0.25) is 0 Å². The molecule has 0 unspecified atom stereocenters. The number of rotatable bonds is 3. The Bertz CT molecular complexity index is 655. The topological polar surface area (TPSA) is 75.5 Å². The Balaban J connectivity index is 1.96. The Morgan fingerprint density at radius 3 is 3.06 bits per heavy atom. The molecule has 3 heterocycles. The highest BCUT2D eigenvalue weighted by Gasteiger charge is 2.12. The molecule has 18 heavy (non-hydrogen) atoms. The van der Waals surface area contributed by atoms with Gasteiger partial charge in [0.15, 0.2) is 0 Å². The van der Waals surface area contributed by atoms with Crippen molar-refractivity contribution in [2.24, 2.45) is 7.05 Å². The van der Waals surface area contributed by atoms with E-state index in [2.05, 4.69) is 25.1 Å². The molecule has 0 fully saturated rings. The molecule has 0 saturated carbocycles. The van der Waals surface area contributed by atoms with Crippen molar-refractivity contribution >= 4 is 17.0 Å². The average molecular weight is 243 g/mol. The summed E-state index contributed by atoms with van der Waals surface area (Å²) in [5, 5.41) is 6.67. The number of hydrogen-bond donors (Lipinski definition) is 1. The SMILES string of the molecule is CN(Cc1ncn[nH]1)c1nc2cnccc2n1C. The van der Waals surface area contributed by atoms with Crippen LogP contribution in [0.5, 0.6) is 0 Å². The van der Waals surface area contributed by atoms with E-state index in [9.17, 15) is 0 Å². The molecular formula is C11H13N7. The molecule has 0 aliphatic carbocycles. The number of aromatic amines is 1. The third kappa shape index (κ3) is 1.69. The van der Waals surface area contributed by atoms with Crippen molar-refractivity contribution in [2.45, 2.75) is 6.54 Å². The summed E-state index contributed by atoms with van der Waals surface area (Å²) >= 11 is 0. The molecule has 0 atom stereocenters. The van der Waals surface area contributed by atoms with E-state index in [4.69, 9.17) is 0 Å². The van der Waals surface area contributed by atoms with Crippen LogP contribution >= 0.6 is 0 Å². The minimum Gasteiger partial charge on any atom is -0.338 e. The molecule has 3 aromatic rings. The van der Waals surface area contributed by atoms with Crippen molar-refractivity contribution in [2.75, 3.05) is 11.9 Å². The van der Waals surface area contributed by atoms with E-state index in [1.54, 1.807) is 12.4 Å². The molecule has 0 aliphatic rings. The zero-order chi connectivity index (χ0) is 12.5. The zero-order valence-electron chi connectivity index (χ0n) is 10.2. The number of aryl methyl sites for hydroxylation is 1. The maximum absolute atomic E-state index is 4.56. The predicted octanol–water partition coefficient (Wildman–Crippen LogP) is 0.723. The summed E-state index contributed by atoms with van der Waals surface area (Å²) in [5.41, 5.74) is 1.95. The Hall–Kier alpha value is -2.44. The number of aromatic nitrogens is 6. The standard InChI is InChI=1S/C11H13N7/c1-17(6-10-13-7-14-16-10)11-15-8-5-12-4-3-9(8)18(11)2/h3-5,7H,6H2,1-2H3,(H,13,14,16). The summed E-state index contributed by atoms with van der Waals surface area (Å²) in [7, 11) is 3.96. The molecule has 7 nitrogen and oxygen atoms in total. The predicted molar refractivity (Wildman–Crippen MR) is 67.0 cm³/mol. The van der Waals surface area contributed by atoms with Gasteiger partial charge in [0, 0.05) is 20.3 Å². The molecule has 0 saturated heterocycles. The first-order valence-corrected chi connectivity index (χ1v) is 5.57. The molecule has 0 amide bonds. The second-order valence-corrected chi connectivity index (χ2v) is 4.12. The lowest BCUT2D eigenvalue weighted by Gasteiger charge is -2.16. The molecule has 3 rings (SSSR count). The van der Waals surface area contributed by atoms with E-state index in [1.807, 2.05) is 29.6 Å². The van der Waals surface area contributed by atoms with Crippen molar-refractivity contribution in [1.29, 1.82) is 0 Å². The van der Waals surface area contributed by atoms with Crippen molar-refractivity contribution in [1.82, 2.24) is 29.7 Å². The minimum atomic E-state index is 0.630. The van der Waals surface area contributed by atoms with Crippen LogP contribution in [0.4, 0.5) is 5.95 Å². The van der Waals surface area contributed by atoms with Gasteiger partial charge in [0.2, 0.25) is 5.95 Å². The number of hydrogen-bond acceptors (Lipinski definition) is 5. The van der Waals surface area contributed by atoms with E-state index >= 15 is 0 Å². The van der Waals surface area contributed by atoms with E-state index in [0.717, 1.165) is 22.8 Å². The maximum Gasteiger partial charge on any atom is 0.206 e. The number of pyridine rings is 1. The van der Waals surface area contributed by atoms with Gasteiger partial charge in [-0.1, -0.05) is 0 Å². The van der Waals surface area contributed by atoms with Crippen LogP contribution in [0.1, 0.15) is 5.82 Å². The summed E-state index contributed by atoms with van der Waals surface area (Å²) in [5.74, 6) is 1.68. The Labute approximate surface area is 104 Å². The van der Waals surface area contributed by atoms with Crippen molar-refractivity contribution in [3.05, 3.63) is 30.6 Å². The second-order valence-electron chi connectivity index (χ2n) is 4.12. The fraction of sp³-hybridized carbons (Fsp3) is 0.273. The highest BCUT2D eigenvalue weighted by atomic mass is 15.3. The van der Waals surface area contributed by atoms with Crippen molar-refractivity contribution in [3.63, 3.8) is 0 Å². The van der Waals surface area contributed by atoms with E-state index < -0.39 is 0 Å². The van der Waals surface area contributed by atoms with Gasteiger partial charge >= 0.3 is 0 Å². The summed E-state index contributed by atoms with van der Waals surface area (Å²) in [6.07, 6.45) is 5.04.